The molecule has 0 amide bonds. The third kappa shape index (κ3) is 3.70. The van der Waals surface area contributed by atoms with Crippen LogP contribution in [0.4, 0.5) is 0 Å². The Kier molecular flexibility index (Phi) is 6.03. The lowest BCUT2D eigenvalue weighted by Crippen LogP contribution is -2.32. The topological polar surface area (TPSA) is 38.9 Å². The highest BCUT2D eigenvalue weighted by atomic mass is 35.5. The van der Waals surface area contributed by atoms with Crippen LogP contribution in [0.15, 0.2) is 24.9 Å². The van der Waals surface area contributed by atoms with Crippen molar-refractivity contribution in [3.05, 3.63) is 24.9 Å². The van der Waals surface area contributed by atoms with Crippen LogP contribution >= 0.6 is 12.4 Å². The molecule has 0 atom stereocenters. The first-order chi connectivity index (χ1) is 10.3. The lowest BCUT2D eigenvalue weighted by molar-refractivity contribution is 0.237. The Morgan fingerprint density at radius 2 is 2.05 bits per heavy atom. The van der Waals surface area contributed by atoms with Crippen LogP contribution in [-0.4, -0.2) is 43.9 Å². The molecule has 2 heterocycles. The smallest absolute Gasteiger partial charge is 0.0951 e. The third-order valence-electron chi connectivity index (χ3n) is 4.61. The minimum atomic E-state index is 0. The minimum absolute atomic E-state index is 0. The van der Waals surface area contributed by atoms with E-state index in [0.717, 1.165) is 36.9 Å². The SMILES string of the molecule is CCn1cc(-c2cncn2CCN(C)C2CCCC2)cn1.Cl. The van der Waals surface area contributed by atoms with Gasteiger partial charge in [-0.05, 0) is 26.8 Å². The Hall–Kier alpha value is -1.33. The summed E-state index contributed by atoms with van der Waals surface area (Å²) >= 11 is 0. The van der Waals surface area contributed by atoms with Crippen molar-refractivity contribution in [1.29, 1.82) is 0 Å². The minimum Gasteiger partial charge on any atom is -0.329 e. The molecule has 1 saturated carbocycles. The molecule has 0 unspecified atom stereocenters. The summed E-state index contributed by atoms with van der Waals surface area (Å²) in [6, 6.07) is 0.778. The number of hydrogen-bond donors (Lipinski definition) is 0. The van der Waals surface area contributed by atoms with Crippen molar-refractivity contribution in [2.45, 2.75) is 51.7 Å². The normalized spacial score (nSPS) is 15.4. The lowest BCUT2D eigenvalue weighted by Gasteiger charge is -2.24. The molecule has 0 bridgehead atoms. The average molecular weight is 324 g/mol. The predicted octanol–water partition coefficient (Wildman–Crippen LogP) is 3.06. The van der Waals surface area contributed by atoms with Crippen LogP contribution in [0, 0.1) is 0 Å². The standard InChI is InChI=1S/C16H25N5.ClH/c1-3-21-12-14(10-18-21)16-11-17-13-20(16)9-8-19(2)15-6-4-5-7-15;/h10-13,15H,3-9H2,1-2H3;1H. The number of aromatic nitrogens is 4. The van der Waals surface area contributed by atoms with E-state index in [1.54, 1.807) is 0 Å². The van der Waals surface area contributed by atoms with E-state index in [4.69, 9.17) is 0 Å². The molecule has 0 spiro atoms. The molecule has 22 heavy (non-hydrogen) atoms. The molecule has 2 aromatic rings. The maximum atomic E-state index is 4.36. The molecule has 3 rings (SSSR count). The first-order valence-corrected chi connectivity index (χ1v) is 8.01. The van der Waals surface area contributed by atoms with Crippen LogP contribution in [0.5, 0.6) is 0 Å². The van der Waals surface area contributed by atoms with Crippen molar-refractivity contribution >= 4 is 12.4 Å². The number of likely N-dealkylation sites (N-methyl/N-ethyl adjacent to an activating group) is 1. The average Bonchev–Trinajstić information content (AvgIpc) is 3.24. The van der Waals surface area contributed by atoms with Crippen LogP contribution in [0.25, 0.3) is 11.3 Å². The predicted molar refractivity (Wildman–Crippen MR) is 91.3 cm³/mol. The van der Waals surface area contributed by atoms with E-state index in [0.29, 0.717) is 0 Å². The van der Waals surface area contributed by atoms with Gasteiger partial charge in [-0.3, -0.25) is 4.68 Å². The van der Waals surface area contributed by atoms with Crippen molar-refractivity contribution < 1.29 is 0 Å². The fraction of sp³-hybridized carbons (Fsp3) is 0.625. The van der Waals surface area contributed by atoms with Crippen LogP contribution in [0.1, 0.15) is 32.6 Å². The second kappa shape index (κ2) is 7.79. The van der Waals surface area contributed by atoms with Gasteiger partial charge in [0, 0.05) is 37.4 Å². The maximum absolute atomic E-state index is 4.36. The first kappa shape index (κ1) is 17.0. The summed E-state index contributed by atoms with van der Waals surface area (Å²) < 4.78 is 4.19. The Balaban J connectivity index is 0.00000176. The molecule has 0 aromatic carbocycles. The Morgan fingerprint density at radius 3 is 2.73 bits per heavy atom. The zero-order chi connectivity index (χ0) is 14.7. The van der Waals surface area contributed by atoms with Crippen LogP contribution in [-0.2, 0) is 13.1 Å². The number of aryl methyl sites for hydroxylation is 1. The summed E-state index contributed by atoms with van der Waals surface area (Å²) in [5.41, 5.74) is 2.31. The number of imidazole rings is 1. The van der Waals surface area contributed by atoms with Gasteiger partial charge in [0.15, 0.2) is 0 Å². The zero-order valence-corrected chi connectivity index (χ0v) is 14.3. The van der Waals surface area contributed by atoms with E-state index in [2.05, 4.69) is 39.7 Å². The molecule has 1 aliphatic rings. The summed E-state index contributed by atoms with van der Waals surface area (Å²) in [5.74, 6) is 0. The van der Waals surface area contributed by atoms with Crippen LogP contribution < -0.4 is 0 Å². The van der Waals surface area contributed by atoms with Gasteiger partial charge >= 0.3 is 0 Å². The Morgan fingerprint density at radius 1 is 1.27 bits per heavy atom. The third-order valence-corrected chi connectivity index (χ3v) is 4.61. The summed E-state index contributed by atoms with van der Waals surface area (Å²) in [7, 11) is 2.25. The summed E-state index contributed by atoms with van der Waals surface area (Å²) in [4.78, 5) is 6.82. The molecule has 5 nitrogen and oxygen atoms in total. The molecular formula is C16H26ClN5. The van der Waals surface area contributed by atoms with E-state index in [-0.39, 0.29) is 12.4 Å². The summed E-state index contributed by atoms with van der Waals surface area (Å²) in [5, 5.41) is 4.36. The molecule has 0 N–H and O–H groups in total. The van der Waals surface area contributed by atoms with E-state index < -0.39 is 0 Å². The summed E-state index contributed by atoms with van der Waals surface area (Å²) in [6.07, 6.45) is 13.4. The molecule has 0 radical (unpaired) electrons. The first-order valence-electron chi connectivity index (χ1n) is 8.01. The molecule has 0 saturated heterocycles. The zero-order valence-electron chi connectivity index (χ0n) is 13.5. The molecule has 1 aliphatic carbocycles. The molecular weight excluding hydrogens is 298 g/mol. The maximum Gasteiger partial charge on any atom is 0.0951 e. The number of hydrogen-bond acceptors (Lipinski definition) is 3. The Bertz CT molecular complexity index is 571. The van der Waals surface area contributed by atoms with Gasteiger partial charge in [-0.15, -0.1) is 12.4 Å². The Labute approximate surface area is 138 Å². The van der Waals surface area contributed by atoms with Crippen molar-refractivity contribution in [3.8, 4) is 11.3 Å². The van der Waals surface area contributed by atoms with E-state index >= 15 is 0 Å². The van der Waals surface area contributed by atoms with Gasteiger partial charge in [0.25, 0.3) is 0 Å². The van der Waals surface area contributed by atoms with E-state index in [9.17, 15) is 0 Å². The van der Waals surface area contributed by atoms with Crippen molar-refractivity contribution in [2.75, 3.05) is 13.6 Å². The number of nitrogens with zero attached hydrogens (tertiary/aromatic N) is 5. The monoisotopic (exact) mass is 323 g/mol. The van der Waals surface area contributed by atoms with Gasteiger partial charge < -0.3 is 9.47 Å². The second-order valence-corrected chi connectivity index (χ2v) is 5.98. The van der Waals surface area contributed by atoms with Crippen molar-refractivity contribution in [1.82, 2.24) is 24.2 Å². The second-order valence-electron chi connectivity index (χ2n) is 5.98. The summed E-state index contributed by atoms with van der Waals surface area (Å²) in [6.45, 7) is 5.07. The van der Waals surface area contributed by atoms with E-state index in [1.165, 1.54) is 25.7 Å². The van der Waals surface area contributed by atoms with E-state index in [1.807, 2.05) is 23.4 Å². The van der Waals surface area contributed by atoms with Gasteiger partial charge in [-0.1, -0.05) is 12.8 Å². The van der Waals surface area contributed by atoms with Gasteiger partial charge in [0.05, 0.1) is 24.4 Å². The highest BCUT2D eigenvalue weighted by molar-refractivity contribution is 5.85. The highest BCUT2D eigenvalue weighted by Gasteiger charge is 2.19. The highest BCUT2D eigenvalue weighted by Crippen LogP contribution is 2.23. The fourth-order valence-electron chi connectivity index (χ4n) is 3.20. The van der Waals surface area contributed by atoms with Gasteiger partial charge in [0.1, 0.15) is 0 Å². The molecule has 1 fully saturated rings. The van der Waals surface area contributed by atoms with Gasteiger partial charge in [-0.25, -0.2) is 4.98 Å². The van der Waals surface area contributed by atoms with Crippen LogP contribution in [0.2, 0.25) is 0 Å². The van der Waals surface area contributed by atoms with Gasteiger partial charge in [-0.2, -0.15) is 5.10 Å². The van der Waals surface area contributed by atoms with Crippen molar-refractivity contribution in [3.63, 3.8) is 0 Å². The lowest BCUT2D eigenvalue weighted by atomic mass is 10.2. The van der Waals surface area contributed by atoms with Gasteiger partial charge in [0.2, 0.25) is 0 Å². The fourth-order valence-corrected chi connectivity index (χ4v) is 3.20. The number of halogens is 1. The molecule has 2 aromatic heterocycles. The largest absolute Gasteiger partial charge is 0.329 e. The number of rotatable bonds is 6. The van der Waals surface area contributed by atoms with Crippen molar-refractivity contribution in [2.24, 2.45) is 0 Å². The molecule has 122 valence electrons. The molecule has 0 aliphatic heterocycles. The van der Waals surface area contributed by atoms with Crippen LogP contribution in [0.3, 0.4) is 0 Å². The molecule has 6 heteroatoms. The quantitative estimate of drug-likeness (QED) is 0.820.